The van der Waals surface area contributed by atoms with Gasteiger partial charge in [-0.2, -0.15) is 0 Å². The van der Waals surface area contributed by atoms with E-state index in [4.69, 9.17) is 0 Å². The molecule has 0 amide bonds. The number of fused-ring (bicyclic) bond motifs is 1. The molecular weight excluding hydrogens is 234 g/mol. The van der Waals surface area contributed by atoms with E-state index in [-0.39, 0.29) is 0 Å². The number of hydrogen-bond acceptors (Lipinski definition) is 3. The highest BCUT2D eigenvalue weighted by molar-refractivity contribution is 4.94. The normalized spacial score (nSPS) is 39.9. The van der Waals surface area contributed by atoms with Crippen molar-refractivity contribution in [2.45, 2.75) is 63.1 Å². The van der Waals surface area contributed by atoms with Crippen molar-refractivity contribution < 1.29 is 0 Å². The fraction of sp³-hybridized carbons (Fsp3) is 1.00. The van der Waals surface area contributed by atoms with Crippen LogP contribution >= 0.6 is 0 Å². The SMILES string of the molecule is CN(CC1CC2CCCCC2N1)CC1CCCN1C. The molecule has 1 saturated carbocycles. The second-order valence-electron chi connectivity index (χ2n) is 7.25. The van der Waals surface area contributed by atoms with E-state index in [1.165, 1.54) is 64.6 Å². The fourth-order valence-corrected chi connectivity index (χ4v) is 4.59. The summed E-state index contributed by atoms with van der Waals surface area (Å²) in [6, 6.07) is 2.40. The molecule has 3 nitrogen and oxygen atoms in total. The van der Waals surface area contributed by atoms with Crippen LogP contribution in [0.4, 0.5) is 0 Å². The van der Waals surface area contributed by atoms with Crippen molar-refractivity contribution >= 4 is 0 Å². The molecule has 0 spiro atoms. The third kappa shape index (κ3) is 3.32. The molecule has 2 saturated heterocycles. The van der Waals surface area contributed by atoms with E-state index in [1.807, 2.05) is 0 Å². The largest absolute Gasteiger partial charge is 0.310 e. The molecule has 19 heavy (non-hydrogen) atoms. The lowest BCUT2D eigenvalue weighted by Gasteiger charge is -2.28. The Labute approximate surface area is 118 Å². The minimum atomic E-state index is 0.754. The van der Waals surface area contributed by atoms with Gasteiger partial charge in [-0.25, -0.2) is 0 Å². The molecule has 0 aromatic rings. The van der Waals surface area contributed by atoms with Gasteiger partial charge in [-0.3, -0.25) is 0 Å². The number of rotatable bonds is 4. The predicted octanol–water partition coefficient (Wildman–Crippen LogP) is 1.93. The van der Waals surface area contributed by atoms with Gasteiger partial charge in [0.25, 0.3) is 0 Å². The summed E-state index contributed by atoms with van der Waals surface area (Å²) in [5.74, 6) is 0.987. The van der Waals surface area contributed by atoms with E-state index in [1.54, 1.807) is 0 Å². The minimum absolute atomic E-state index is 0.754. The minimum Gasteiger partial charge on any atom is -0.310 e. The van der Waals surface area contributed by atoms with E-state index in [9.17, 15) is 0 Å². The first kappa shape index (κ1) is 13.8. The van der Waals surface area contributed by atoms with Gasteiger partial charge in [-0.1, -0.05) is 12.8 Å². The summed E-state index contributed by atoms with van der Waals surface area (Å²) in [6.07, 6.45) is 10.0. The molecule has 2 aliphatic heterocycles. The molecule has 1 N–H and O–H groups in total. The third-order valence-corrected chi connectivity index (χ3v) is 5.67. The lowest BCUT2D eigenvalue weighted by Crippen LogP contribution is -2.43. The number of hydrogen-bond donors (Lipinski definition) is 1. The smallest absolute Gasteiger partial charge is 0.0220 e. The summed E-state index contributed by atoms with van der Waals surface area (Å²) in [7, 11) is 4.60. The molecule has 0 radical (unpaired) electrons. The molecule has 0 aromatic carbocycles. The Balaban J connectivity index is 1.43. The second kappa shape index (κ2) is 6.11. The van der Waals surface area contributed by atoms with Crippen LogP contribution in [0.1, 0.15) is 44.9 Å². The number of likely N-dealkylation sites (tertiary alicyclic amines) is 1. The number of likely N-dealkylation sites (N-methyl/N-ethyl adjacent to an activating group) is 2. The van der Waals surface area contributed by atoms with E-state index in [0.29, 0.717) is 0 Å². The first-order valence-electron chi connectivity index (χ1n) is 8.37. The molecule has 3 fully saturated rings. The Hall–Kier alpha value is -0.120. The van der Waals surface area contributed by atoms with E-state index >= 15 is 0 Å². The quantitative estimate of drug-likeness (QED) is 0.838. The highest BCUT2D eigenvalue weighted by Gasteiger charge is 2.35. The topological polar surface area (TPSA) is 18.5 Å². The van der Waals surface area contributed by atoms with Gasteiger partial charge in [-0.15, -0.1) is 0 Å². The van der Waals surface area contributed by atoms with Crippen molar-refractivity contribution in [1.82, 2.24) is 15.1 Å². The van der Waals surface area contributed by atoms with Crippen LogP contribution in [-0.4, -0.2) is 61.7 Å². The summed E-state index contributed by atoms with van der Waals surface area (Å²) in [5.41, 5.74) is 0. The Kier molecular flexibility index (Phi) is 4.45. The Morgan fingerprint density at radius 1 is 1.11 bits per heavy atom. The lowest BCUT2D eigenvalue weighted by atomic mass is 9.85. The third-order valence-electron chi connectivity index (χ3n) is 5.67. The Morgan fingerprint density at radius 2 is 1.95 bits per heavy atom. The number of nitrogens with zero attached hydrogens (tertiary/aromatic N) is 2. The van der Waals surface area contributed by atoms with E-state index in [0.717, 1.165) is 24.0 Å². The van der Waals surface area contributed by atoms with E-state index in [2.05, 4.69) is 29.2 Å². The maximum atomic E-state index is 3.90. The summed E-state index contributed by atoms with van der Waals surface area (Å²) < 4.78 is 0. The van der Waals surface area contributed by atoms with Crippen LogP contribution < -0.4 is 5.32 Å². The first-order valence-corrected chi connectivity index (χ1v) is 8.37. The Morgan fingerprint density at radius 3 is 2.68 bits per heavy atom. The average Bonchev–Trinajstić information content (AvgIpc) is 2.95. The molecule has 110 valence electrons. The zero-order chi connectivity index (χ0) is 13.2. The summed E-state index contributed by atoms with van der Waals surface area (Å²) in [4.78, 5) is 5.11. The maximum absolute atomic E-state index is 3.90. The zero-order valence-electron chi connectivity index (χ0n) is 12.8. The first-order chi connectivity index (χ1) is 9.22. The van der Waals surface area contributed by atoms with Crippen LogP contribution in [0.15, 0.2) is 0 Å². The van der Waals surface area contributed by atoms with Crippen LogP contribution in [0.25, 0.3) is 0 Å². The van der Waals surface area contributed by atoms with Crippen molar-refractivity contribution in [3.63, 3.8) is 0 Å². The van der Waals surface area contributed by atoms with Crippen molar-refractivity contribution in [2.75, 3.05) is 33.7 Å². The molecule has 4 atom stereocenters. The van der Waals surface area contributed by atoms with Crippen LogP contribution in [0.3, 0.4) is 0 Å². The number of nitrogens with one attached hydrogen (secondary N) is 1. The fourth-order valence-electron chi connectivity index (χ4n) is 4.59. The molecule has 3 aliphatic rings. The van der Waals surface area contributed by atoms with E-state index < -0.39 is 0 Å². The highest BCUT2D eigenvalue weighted by atomic mass is 15.2. The van der Waals surface area contributed by atoms with Crippen molar-refractivity contribution in [3.05, 3.63) is 0 Å². The summed E-state index contributed by atoms with van der Waals surface area (Å²) >= 11 is 0. The van der Waals surface area contributed by atoms with Crippen molar-refractivity contribution in [2.24, 2.45) is 5.92 Å². The monoisotopic (exact) mass is 265 g/mol. The molecule has 1 aliphatic carbocycles. The standard InChI is InChI=1S/C16H31N3/c1-18(12-15-7-5-9-19(15)2)11-14-10-13-6-3-4-8-16(13)17-14/h13-17H,3-12H2,1-2H3. The van der Waals surface area contributed by atoms with Crippen LogP contribution in [0.2, 0.25) is 0 Å². The second-order valence-corrected chi connectivity index (χ2v) is 7.25. The molecule has 0 aromatic heterocycles. The predicted molar refractivity (Wildman–Crippen MR) is 80.4 cm³/mol. The van der Waals surface area contributed by atoms with Gasteiger partial charge in [0, 0.05) is 31.2 Å². The zero-order valence-corrected chi connectivity index (χ0v) is 12.8. The molecule has 0 bridgehead atoms. The molecular formula is C16H31N3. The Bertz CT molecular complexity index is 280. The van der Waals surface area contributed by atoms with Gasteiger partial charge in [-0.05, 0) is 58.7 Å². The van der Waals surface area contributed by atoms with Gasteiger partial charge in [0.15, 0.2) is 0 Å². The lowest BCUT2D eigenvalue weighted by molar-refractivity contribution is 0.208. The van der Waals surface area contributed by atoms with Gasteiger partial charge in [0.05, 0.1) is 0 Å². The molecule has 3 rings (SSSR count). The average molecular weight is 265 g/mol. The van der Waals surface area contributed by atoms with Crippen LogP contribution in [0.5, 0.6) is 0 Å². The van der Waals surface area contributed by atoms with Gasteiger partial charge >= 0.3 is 0 Å². The molecule has 3 heteroatoms. The van der Waals surface area contributed by atoms with Gasteiger partial charge in [0.2, 0.25) is 0 Å². The molecule has 4 unspecified atom stereocenters. The van der Waals surface area contributed by atoms with Gasteiger partial charge < -0.3 is 15.1 Å². The summed E-state index contributed by atoms with van der Waals surface area (Å²) in [6.45, 7) is 3.80. The highest BCUT2D eigenvalue weighted by Crippen LogP contribution is 2.33. The molecule has 2 heterocycles. The van der Waals surface area contributed by atoms with Crippen LogP contribution in [0, 0.1) is 5.92 Å². The summed E-state index contributed by atoms with van der Waals surface area (Å²) in [5, 5.41) is 3.90. The van der Waals surface area contributed by atoms with Crippen LogP contribution in [-0.2, 0) is 0 Å². The van der Waals surface area contributed by atoms with Crippen molar-refractivity contribution in [1.29, 1.82) is 0 Å². The van der Waals surface area contributed by atoms with Crippen molar-refractivity contribution in [3.8, 4) is 0 Å². The maximum Gasteiger partial charge on any atom is 0.0220 e. The van der Waals surface area contributed by atoms with Gasteiger partial charge in [0.1, 0.15) is 0 Å².